The Bertz CT molecular complexity index is 1090. The molecule has 3 N–H and O–H groups in total. The number of hydrogen-bond donors (Lipinski definition) is 2. The molecule has 0 aliphatic carbocycles. The Morgan fingerprint density at radius 1 is 1.11 bits per heavy atom. The molecule has 8 heteroatoms. The fourth-order valence-corrected chi connectivity index (χ4v) is 5.01. The maximum Gasteiger partial charge on any atom is 0.204 e. The summed E-state index contributed by atoms with van der Waals surface area (Å²) >= 11 is 0. The van der Waals surface area contributed by atoms with Crippen LogP contribution in [0.3, 0.4) is 0 Å². The summed E-state index contributed by atoms with van der Waals surface area (Å²) in [6.07, 6.45) is 8.44. The van der Waals surface area contributed by atoms with Gasteiger partial charge in [0.2, 0.25) is 6.41 Å². The first-order valence-corrected chi connectivity index (χ1v) is 12.9. The van der Waals surface area contributed by atoms with Crippen molar-refractivity contribution in [3.05, 3.63) is 64.6 Å². The Morgan fingerprint density at radius 3 is 2.61 bits per heavy atom. The molecule has 2 saturated heterocycles. The smallest absolute Gasteiger partial charge is 0.204 e. The SMILES string of the molecule is Fc1ccc(Cc2ccc3c(CCC4CCNCC4)noc3c2COC2CCCCO2)cc1.NC=O. The second-order valence-electron chi connectivity index (χ2n) is 9.49. The van der Waals surface area contributed by atoms with Crippen LogP contribution in [-0.2, 0) is 33.7 Å². The van der Waals surface area contributed by atoms with Crippen LogP contribution in [-0.4, -0.2) is 37.6 Å². The number of nitrogens with two attached hydrogens (primary N) is 1. The Kier molecular flexibility index (Phi) is 9.84. The maximum atomic E-state index is 13.4. The largest absolute Gasteiger partial charge is 0.372 e. The van der Waals surface area contributed by atoms with Gasteiger partial charge < -0.3 is 25.0 Å². The van der Waals surface area contributed by atoms with Crippen LogP contribution in [0.1, 0.15) is 60.9 Å². The number of rotatable bonds is 8. The standard InChI is InChI=1S/C27H33FN2O3.CH3NO/c28-22-8-4-20(5-9-22)17-21-7-10-23-25(11-6-19-12-14-29-15-13-19)30-33-27(23)24(21)18-32-26-3-1-2-16-31-26;2-1-3/h4-5,7-10,19,26,29H,1-3,6,11-18H2;1H,(H2,2,3). The van der Waals surface area contributed by atoms with Crippen molar-refractivity contribution in [3.63, 3.8) is 0 Å². The summed E-state index contributed by atoms with van der Waals surface area (Å²) < 4.78 is 31.2. The van der Waals surface area contributed by atoms with Crippen LogP contribution in [0.4, 0.5) is 4.39 Å². The van der Waals surface area contributed by atoms with Crippen LogP contribution >= 0.6 is 0 Å². The first kappa shape index (κ1) is 26.3. The molecule has 2 aliphatic rings. The molecule has 0 bridgehead atoms. The average molecular weight is 498 g/mol. The number of fused-ring (bicyclic) bond motifs is 1. The maximum absolute atomic E-state index is 13.4. The van der Waals surface area contributed by atoms with Crippen LogP contribution in [0.15, 0.2) is 40.9 Å². The summed E-state index contributed by atoms with van der Waals surface area (Å²) in [5.41, 5.74) is 9.20. The van der Waals surface area contributed by atoms with Crippen molar-refractivity contribution in [1.29, 1.82) is 0 Å². The van der Waals surface area contributed by atoms with Gasteiger partial charge in [0.25, 0.3) is 0 Å². The highest BCUT2D eigenvalue weighted by molar-refractivity contribution is 5.83. The summed E-state index contributed by atoms with van der Waals surface area (Å²) in [4.78, 5) is 8.58. The lowest BCUT2D eigenvalue weighted by molar-refractivity contribution is -0.168. The molecule has 36 heavy (non-hydrogen) atoms. The third-order valence-electron chi connectivity index (χ3n) is 7.02. The third kappa shape index (κ3) is 7.12. The molecule has 5 rings (SSSR count). The predicted molar refractivity (Wildman–Crippen MR) is 136 cm³/mol. The second kappa shape index (κ2) is 13.5. The van der Waals surface area contributed by atoms with Crippen LogP contribution in [0.25, 0.3) is 11.0 Å². The average Bonchev–Trinajstić information content (AvgIpc) is 3.33. The molecule has 2 fully saturated rings. The second-order valence-corrected chi connectivity index (χ2v) is 9.49. The molecule has 0 spiro atoms. The quantitative estimate of drug-likeness (QED) is 0.440. The van der Waals surface area contributed by atoms with Gasteiger partial charge >= 0.3 is 0 Å². The summed E-state index contributed by atoms with van der Waals surface area (Å²) in [7, 11) is 0. The minimum absolute atomic E-state index is 0.171. The molecule has 2 aromatic carbocycles. The number of nitrogens with one attached hydrogen (secondary N) is 1. The van der Waals surface area contributed by atoms with E-state index in [2.05, 4.69) is 28.3 Å². The Balaban J connectivity index is 0.000000967. The molecule has 7 nitrogen and oxygen atoms in total. The fourth-order valence-electron chi connectivity index (χ4n) is 5.01. The zero-order chi connectivity index (χ0) is 25.2. The zero-order valence-corrected chi connectivity index (χ0v) is 20.7. The normalized spacial score (nSPS) is 18.5. The number of aromatic nitrogens is 1. The number of primary amides is 1. The number of piperidine rings is 1. The topological polar surface area (TPSA) is 99.6 Å². The molecule has 1 amide bonds. The zero-order valence-electron chi connectivity index (χ0n) is 20.7. The highest BCUT2D eigenvalue weighted by Crippen LogP contribution is 2.30. The van der Waals surface area contributed by atoms with E-state index in [4.69, 9.17) is 18.8 Å². The van der Waals surface area contributed by atoms with Crippen molar-refractivity contribution in [2.75, 3.05) is 19.7 Å². The Morgan fingerprint density at radius 2 is 1.89 bits per heavy atom. The van der Waals surface area contributed by atoms with Gasteiger partial charge in [0.05, 0.1) is 12.3 Å². The molecule has 3 heterocycles. The van der Waals surface area contributed by atoms with E-state index in [-0.39, 0.29) is 18.5 Å². The highest BCUT2D eigenvalue weighted by atomic mass is 19.1. The molecule has 0 radical (unpaired) electrons. The van der Waals surface area contributed by atoms with E-state index in [1.807, 2.05) is 12.1 Å². The van der Waals surface area contributed by atoms with Crippen molar-refractivity contribution in [3.8, 4) is 0 Å². The lowest BCUT2D eigenvalue weighted by atomic mass is 9.91. The van der Waals surface area contributed by atoms with E-state index < -0.39 is 0 Å². The van der Waals surface area contributed by atoms with Gasteiger partial charge in [0.15, 0.2) is 11.9 Å². The van der Waals surface area contributed by atoms with Gasteiger partial charge in [0, 0.05) is 17.6 Å². The molecule has 1 aromatic heterocycles. The Hall–Kier alpha value is -2.81. The van der Waals surface area contributed by atoms with Crippen molar-refractivity contribution in [2.45, 2.75) is 64.3 Å². The van der Waals surface area contributed by atoms with Crippen molar-refractivity contribution >= 4 is 17.4 Å². The van der Waals surface area contributed by atoms with Gasteiger partial charge in [-0.3, -0.25) is 4.79 Å². The van der Waals surface area contributed by atoms with Gasteiger partial charge in [-0.1, -0.05) is 23.4 Å². The monoisotopic (exact) mass is 497 g/mol. The summed E-state index contributed by atoms with van der Waals surface area (Å²) in [5, 5.41) is 8.98. The predicted octanol–water partition coefficient (Wildman–Crippen LogP) is 4.63. The number of ether oxygens (including phenoxy) is 2. The molecule has 3 aromatic rings. The summed E-state index contributed by atoms with van der Waals surface area (Å²) in [6, 6.07) is 11.0. The number of halogens is 1. The van der Waals surface area contributed by atoms with Gasteiger partial charge in [-0.05, 0) is 99.7 Å². The molecule has 1 unspecified atom stereocenters. The number of hydrogen-bond acceptors (Lipinski definition) is 6. The highest BCUT2D eigenvalue weighted by Gasteiger charge is 2.21. The van der Waals surface area contributed by atoms with E-state index in [0.717, 1.165) is 91.1 Å². The van der Waals surface area contributed by atoms with Crippen LogP contribution in [0.5, 0.6) is 0 Å². The number of amides is 1. The lowest BCUT2D eigenvalue weighted by Crippen LogP contribution is -2.27. The minimum atomic E-state index is -0.221. The molecule has 0 saturated carbocycles. The van der Waals surface area contributed by atoms with Gasteiger partial charge in [0.1, 0.15) is 5.82 Å². The molecule has 1 atom stereocenters. The molecular formula is C28H36FN3O4. The van der Waals surface area contributed by atoms with Crippen molar-refractivity contribution < 1.29 is 23.2 Å². The van der Waals surface area contributed by atoms with E-state index in [1.54, 1.807) is 0 Å². The van der Waals surface area contributed by atoms with Gasteiger partial charge in [-0.2, -0.15) is 0 Å². The van der Waals surface area contributed by atoms with E-state index in [0.29, 0.717) is 13.0 Å². The molecule has 194 valence electrons. The first-order valence-electron chi connectivity index (χ1n) is 12.9. The number of carbonyl (C=O) groups is 1. The van der Waals surface area contributed by atoms with E-state index in [1.165, 1.54) is 25.0 Å². The van der Waals surface area contributed by atoms with Crippen molar-refractivity contribution in [1.82, 2.24) is 10.5 Å². The van der Waals surface area contributed by atoms with E-state index in [9.17, 15) is 4.39 Å². The minimum Gasteiger partial charge on any atom is -0.372 e. The van der Waals surface area contributed by atoms with Crippen molar-refractivity contribution in [2.24, 2.45) is 11.7 Å². The first-order chi connectivity index (χ1) is 17.7. The summed E-state index contributed by atoms with van der Waals surface area (Å²) in [6.45, 7) is 3.39. The molecular weight excluding hydrogens is 461 g/mol. The van der Waals surface area contributed by atoms with Gasteiger partial charge in [-0.15, -0.1) is 0 Å². The van der Waals surface area contributed by atoms with Crippen LogP contribution < -0.4 is 11.1 Å². The number of nitrogens with zero attached hydrogens (tertiary/aromatic N) is 1. The third-order valence-corrected chi connectivity index (χ3v) is 7.02. The van der Waals surface area contributed by atoms with Crippen LogP contribution in [0, 0.1) is 11.7 Å². The van der Waals surface area contributed by atoms with E-state index >= 15 is 0 Å². The summed E-state index contributed by atoms with van der Waals surface area (Å²) in [5.74, 6) is 0.530. The fraction of sp³-hybridized carbons (Fsp3) is 0.500. The number of aryl methyl sites for hydroxylation is 1. The number of carbonyl (C=O) groups excluding carboxylic acids is 1. The van der Waals surface area contributed by atoms with Gasteiger partial charge in [-0.25, -0.2) is 4.39 Å². The van der Waals surface area contributed by atoms with Crippen LogP contribution in [0.2, 0.25) is 0 Å². The Labute approximate surface area is 211 Å². The molecule has 2 aliphatic heterocycles. The lowest BCUT2D eigenvalue weighted by Gasteiger charge is -2.23. The number of benzene rings is 2.